The lowest BCUT2D eigenvalue weighted by atomic mass is 10.1. The van der Waals surface area contributed by atoms with Gasteiger partial charge in [0.25, 0.3) is 0 Å². The highest BCUT2D eigenvalue weighted by Gasteiger charge is 2.28. The van der Waals surface area contributed by atoms with Crippen LogP contribution in [0.1, 0.15) is 22.8 Å². The number of aryl methyl sites for hydroxylation is 1. The molecule has 1 aromatic carbocycles. The normalized spacial score (nSPS) is 12.6. The number of carboxylic acids is 1. The second-order valence-electron chi connectivity index (χ2n) is 4.15. The van der Waals surface area contributed by atoms with Crippen LogP contribution < -0.4 is 4.72 Å². The quantitative estimate of drug-likeness (QED) is 0.785. The molecule has 1 atom stereocenters. The molecule has 0 radical (unpaired) electrons. The fourth-order valence-corrected chi connectivity index (χ4v) is 2.32. The molecule has 2 N–H and O–H groups in total. The molecule has 1 rings (SSSR count). The third-order valence-corrected chi connectivity index (χ3v) is 4.36. The molecule has 110 valence electrons. The molecule has 20 heavy (non-hydrogen) atoms. The van der Waals surface area contributed by atoms with Gasteiger partial charge in [-0.25, -0.2) is 13.2 Å². The van der Waals surface area contributed by atoms with Crippen LogP contribution in [0.25, 0.3) is 0 Å². The maximum absolute atomic E-state index is 11.8. The number of carboxylic acid groups (broad SMARTS) is 1. The first-order valence-corrected chi connectivity index (χ1v) is 7.17. The Labute approximate surface area is 116 Å². The lowest BCUT2D eigenvalue weighted by Gasteiger charge is -2.14. The van der Waals surface area contributed by atoms with E-state index < -0.39 is 27.2 Å². The molecule has 0 fully saturated rings. The minimum Gasteiger partial charge on any atom is -0.480 e. The zero-order valence-corrected chi connectivity index (χ0v) is 12.0. The van der Waals surface area contributed by atoms with E-state index in [4.69, 9.17) is 5.11 Å². The van der Waals surface area contributed by atoms with Crippen LogP contribution in [0, 0.1) is 6.92 Å². The lowest BCUT2D eigenvalue weighted by molar-refractivity contribution is -0.136. The van der Waals surface area contributed by atoms with Crippen LogP contribution in [-0.2, 0) is 19.6 Å². The van der Waals surface area contributed by atoms with E-state index in [1.807, 2.05) is 0 Å². The molecule has 0 aliphatic rings. The molecule has 0 heterocycles. The van der Waals surface area contributed by atoms with Crippen LogP contribution in [0.3, 0.4) is 0 Å². The van der Waals surface area contributed by atoms with Gasteiger partial charge in [-0.3, -0.25) is 9.52 Å². The SMILES string of the molecule is COC(=O)c1ccc(C)c(NS(=O)(=O)C(C)C(=O)O)c1. The fourth-order valence-electron chi connectivity index (χ4n) is 1.35. The number of esters is 1. The summed E-state index contributed by atoms with van der Waals surface area (Å²) in [7, 11) is -2.88. The average Bonchev–Trinajstić information content (AvgIpc) is 2.39. The number of methoxy groups -OCH3 is 1. The number of nitrogens with one attached hydrogen (secondary N) is 1. The summed E-state index contributed by atoms with van der Waals surface area (Å²) in [5.41, 5.74) is 0.860. The molecule has 0 spiro atoms. The van der Waals surface area contributed by atoms with Gasteiger partial charge in [-0.2, -0.15) is 0 Å². The van der Waals surface area contributed by atoms with Gasteiger partial charge >= 0.3 is 11.9 Å². The van der Waals surface area contributed by atoms with Gasteiger partial charge in [0.2, 0.25) is 10.0 Å². The summed E-state index contributed by atoms with van der Waals surface area (Å²) in [6.07, 6.45) is 0. The predicted molar refractivity (Wildman–Crippen MR) is 72.2 cm³/mol. The van der Waals surface area contributed by atoms with E-state index in [1.54, 1.807) is 6.92 Å². The number of carbonyl (C=O) groups is 2. The van der Waals surface area contributed by atoms with E-state index in [9.17, 15) is 18.0 Å². The molecule has 0 aliphatic heterocycles. The van der Waals surface area contributed by atoms with Crippen LogP contribution in [-0.4, -0.2) is 37.8 Å². The molecule has 0 aliphatic carbocycles. The standard InChI is InChI=1S/C12H15NO6S/c1-7-4-5-9(12(16)19-3)6-10(7)13-20(17,18)8(2)11(14)15/h4-6,8,13H,1-3H3,(H,14,15). The van der Waals surface area contributed by atoms with Crippen LogP contribution in [0.2, 0.25) is 0 Å². The first-order valence-electron chi connectivity index (χ1n) is 5.62. The number of benzene rings is 1. The second-order valence-corrected chi connectivity index (χ2v) is 6.15. The van der Waals surface area contributed by atoms with Gasteiger partial charge < -0.3 is 9.84 Å². The molecular weight excluding hydrogens is 286 g/mol. The van der Waals surface area contributed by atoms with Crippen molar-refractivity contribution in [2.45, 2.75) is 19.1 Å². The Kier molecular flexibility index (Phi) is 4.72. The molecule has 0 saturated heterocycles. The minimum absolute atomic E-state index is 0.140. The number of anilines is 1. The van der Waals surface area contributed by atoms with Gasteiger partial charge in [0.05, 0.1) is 18.4 Å². The summed E-state index contributed by atoms with van der Waals surface area (Å²) < 4.78 is 30.4. The first-order chi connectivity index (χ1) is 9.19. The van der Waals surface area contributed by atoms with Crippen molar-refractivity contribution >= 4 is 27.6 Å². The Hall–Kier alpha value is -2.09. The van der Waals surface area contributed by atoms with Crippen LogP contribution >= 0.6 is 0 Å². The van der Waals surface area contributed by atoms with Crippen molar-refractivity contribution in [2.24, 2.45) is 0 Å². The molecule has 0 saturated carbocycles. The van der Waals surface area contributed by atoms with Crippen molar-refractivity contribution in [2.75, 3.05) is 11.8 Å². The Bertz CT molecular complexity index is 637. The van der Waals surface area contributed by atoms with Crippen molar-refractivity contribution in [3.8, 4) is 0 Å². The summed E-state index contributed by atoms with van der Waals surface area (Å²) in [6.45, 7) is 2.69. The van der Waals surface area contributed by atoms with Gasteiger partial charge in [-0.05, 0) is 31.5 Å². The molecule has 7 nitrogen and oxygen atoms in total. The summed E-state index contributed by atoms with van der Waals surface area (Å²) >= 11 is 0. The van der Waals surface area contributed by atoms with E-state index in [0.717, 1.165) is 6.92 Å². The molecule has 0 amide bonds. The molecule has 0 aromatic heterocycles. The largest absolute Gasteiger partial charge is 0.480 e. The fraction of sp³-hybridized carbons (Fsp3) is 0.333. The summed E-state index contributed by atoms with van der Waals surface area (Å²) in [4.78, 5) is 22.1. The van der Waals surface area contributed by atoms with Crippen molar-refractivity contribution < 1.29 is 27.9 Å². The van der Waals surface area contributed by atoms with Gasteiger partial charge in [-0.1, -0.05) is 6.07 Å². The highest BCUT2D eigenvalue weighted by atomic mass is 32.2. The maximum Gasteiger partial charge on any atom is 0.337 e. The van der Waals surface area contributed by atoms with E-state index >= 15 is 0 Å². The minimum atomic E-state index is -4.09. The van der Waals surface area contributed by atoms with Gasteiger partial charge in [0, 0.05) is 0 Å². The van der Waals surface area contributed by atoms with Gasteiger partial charge in [0.15, 0.2) is 5.25 Å². The average molecular weight is 301 g/mol. The number of rotatable bonds is 5. The Morgan fingerprint density at radius 3 is 2.45 bits per heavy atom. The monoisotopic (exact) mass is 301 g/mol. The highest BCUT2D eigenvalue weighted by molar-refractivity contribution is 7.94. The highest BCUT2D eigenvalue weighted by Crippen LogP contribution is 2.20. The number of ether oxygens (including phenoxy) is 1. The maximum atomic E-state index is 11.8. The molecule has 1 aromatic rings. The molecule has 0 bridgehead atoms. The smallest absolute Gasteiger partial charge is 0.337 e. The van der Waals surface area contributed by atoms with Crippen molar-refractivity contribution in [3.05, 3.63) is 29.3 Å². The number of hydrogen-bond acceptors (Lipinski definition) is 5. The second kappa shape index (κ2) is 5.91. The van der Waals surface area contributed by atoms with E-state index in [2.05, 4.69) is 9.46 Å². The Morgan fingerprint density at radius 2 is 1.95 bits per heavy atom. The summed E-state index contributed by atoms with van der Waals surface area (Å²) in [5, 5.41) is 7.14. The summed E-state index contributed by atoms with van der Waals surface area (Å²) in [5.74, 6) is -2.07. The van der Waals surface area contributed by atoms with Gasteiger partial charge in [-0.15, -0.1) is 0 Å². The lowest BCUT2D eigenvalue weighted by Crippen LogP contribution is -2.32. The van der Waals surface area contributed by atoms with Crippen molar-refractivity contribution in [1.29, 1.82) is 0 Å². The summed E-state index contributed by atoms with van der Waals surface area (Å²) in [6, 6.07) is 4.32. The number of sulfonamides is 1. The van der Waals surface area contributed by atoms with Crippen LogP contribution in [0.15, 0.2) is 18.2 Å². The first kappa shape index (κ1) is 16.0. The predicted octanol–water partition coefficient (Wildman–Crippen LogP) is 0.996. The third kappa shape index (κ3) is 3.47. The zero-order chi connectivity index (χ0) is 15.5. The topological polar surface area (TPSA) is 110 Å². The number of hydrogen-bond donors (Lipinski definition) is 2. The van der Waals surface area contributed by atoms with Gasteiger partial charge in [0.1, 0.15) is 0 Å². The zero-order valence-electron chi connectivity index (χ0n) is 11.2. The van der Waals surface area contributed by atoms with E-state index in [0.29, 0.717) is 5.56 Å². The molecular formula is C12H15NO6S. The van der Waals surface area contributed by atoms with Crippen molar-refractivity contribution in [1.82, 2.24) is 0 Å². The third-order valence-electron chi connectivity index (χ3n) is 2.72. The van der Waals surface area contributed by atoms with E-state index in [-0.39, 0.29) is 11.3 Å². The Balaban J connectivity index is 3.15. The van der Waals surface area contributed by atoms with Crippen LogP contribution in [0.5, 0.6) is 0 Å². The molecule has 8 heteroatoms. The van der Waals surface area contributed by atoms with Crippen molar-refractivity contribution in [3.63, 3.8) is 0 Å². The van der Waals surface area contributed by atoms with Crippen LogP contribution in [0.4, 0.5) is 5.69 Å². The number of carbonyl (C=O) groups excluding carboxylic acids is 1. The Morgan fingerprint density at radius 1 is 1.35 bits per heavy atom. The van der Waals surface area contributed by atoms with E-state index in [1.165, 1.54) is 25.3 Å². The molecule has 1 unspecified atom stereocenters. The number of aliphatic carboxylic acids is 1.